The van der Waals surface area contributed by atoms with Gasteiger partial charge in [-0.2, -0.15) is 5.10 Å². The molecule has 8 nitrogen and oxygen atoms in total. The summed E-state index contributed by atoms with van der Waals surface area (Å²) in [5.74, 6) is -0.785. The summed E-state index contributed by atoms with van der Waals surface area (Å²) in [6.45, 7) is 4.96. The van der Waals surface area contributed by atoms with Crippen molar-refractivity contribution < 1.29 is 14.7 Å². The first-order valence-corrected chi connectivity index (χ1v) is 9.94. The number of hydrogen-bond acceptors (Lipinski definition) is 6. The van der Waals surface area contributed by atoms with E-state index < -0.39 is 12.0 Å². The minimum atomic E-state index is -0.972. The van der Waals surface area contributed by atoms with Crippen molar-refractivity contribution in [3.8, 4) is 0 Å². The zero-order valence-corrected chi connectivity index (χ0v) is 16.2. The van der Waals surface area contributed by atoms with E-state index in [4.69, 9.17) is 0 Å². The number of hydrazine groups is 1. The highest BCUT2D eigenvalue weighted by Gasteiger charge is 2.45. The van der Waals surface area contributed by atoms with Crippen LogP contribution in [0.1, 0.15) is 33.1 Å². The minimum Gasteiger partial charge on any atom is -0.480 e. The maximum atomic E-state index is 13.3. The number of carbonyl (C=O) groups excluding carboxylic acids is 1. The van der Waals surface area contributed by atoms with Crippen LogP contribution in [0.4, 0.5) is 5.69 Å². The summed E-state index contributed by atoms with van der Waals surface area (Å²) < 4.78 is 0. The van der Waals surface area contributed by atoms with Crippen molar-refractivity contribution in [3.63, 3.8) is 0 Å². The summed E-state index contributed by atoms with van der Waals surface area (Å²) in [4.78, 5) is 27.0. The number of amides is 1. The Labute approximate surface area is 164 Å². The normalized spacial score (nSPS) is 32.6. The van der Waals surface area contributed by atoms with E-state index in [-0.39, 0.29) is 30.5 Å². The van der Waals surface area contributed by atoms with Gasteiger partial charge in [0.2, 0.25) is 0 Å². The second-order valence-corrected chi connectivity index (χ2v) is 7.94. The molecule has 150 valence electrons. The standard InChI is InChI=1S/C20H27N5O3/c1-12-18(13(2)22-21-12)16-9-6-10-24(16)19(26)15-11-17(20(27)28)25(23-15)14-7-4-3-5-8-14/h3-5,7-8,12-13,16-18,21-22H,6,9-11H2,1-2H3,(H,27,28). The molecule has 4 unspecified atom stereocenters. The number of carbonyl (C=O) groups is 2. The Hall–Kier alpha value is -2.45. The van der Waals surface area contributed by atoms with E-state index in [1.807, 2.05) is 35.2 Å². The van der Waals surface area contributed by atoms with Gasteiger partial charge in [0.15, 0.2) is 6.04 Å². The second-order valence-electron chi connectivity index (χ2n) is 7.94. The number of rotatable bonds is 4. The number of benzene rings is 1. The van der Waals surface area contributed by atoms with E-state index in [1.165, 1.54) is 5.01 Å². The van der Waals surface area contributed by atoms with E-state index in [9.17, 15) is 14.7 Å². The molecule has 1 aromatic carbocycles. The van der Waals surface area contributed by atoms with Crippen molar-refractivity contribution in [1.82, 2.24) is 15.8 Å². The Kier molecular flexibility index (Phi) is 5.07. The van der Waals surface area contributed by atoms with Crippen molar-refractivity contribution in [2.45, 2.75) is 57.3 Å². The van der Waals surface area contributed by atoms with Crippen LogP contribution in [0.25, 0.3) is 0 Å². The first kappa shape index (κ1) is 18.9. The fourth-order valence-corrected chi connectivity index (χ4v) is 4.82. The number of hydrazone groups is 1. The van der Waals surface area contributed by atoms with Crippen LogP contribution in [-0.2, 0) is 9.59 Å². The van der Waals surface area contributed by atoms with E-state index in [0.29, 0.717) is 23.9 Å². The number of aliphatic carboxylic acids is 1. The molecule has 3 aliphatic heterocycles. The van der Waals surface area contributed by atoms with E-state index in [2.05, 4.69) is 29.8 Å². The summed E-state index contributed by atoms with van der Waals surface area (Å²) in [7, 11) is 0. The zero-order valence-electron chi connectivity index (χ0n) is 16.2. The molecule has 0 aromatic heterocycles. The lowest BCUT2D eigenvalue weighted by atomic mass is 9.87. The molecule has 0 bridgehead atoms. The number of para-hydroxylation sites is 1. The topological polar surface area (TPSA) is 97.3 Å². The Morgan fingerprint density at radius 2 is 1.82 bits per heavy atom. The largest absolute Gasteiger partial charge is 0.480 e. The van der Waals surface area contributed by atoms with Gasteiger partial charge in [0.05, 0.1) is 5.69 Å². The van der Waals surface area contributed by atoms with E-state index in [1.54, 1.807) is 0 Å². The molecule has 4 rings (SSSR count). The summed E-state index contributed by atoms with van der Waals surface area (Å²) in [5.41, 5.74) is 7.56. The number of hydrogen-bond donors (Lipinski definition) is 3. The molecule has 28 heavy (non-hydrogen) atoms. The van der Waals surface area contributed by atoms with Crippen LogP contribution in [0, 0.1) is 5.92 Å². The van der Waals surface area contributed by atoms with Gasteiger partial charge in [-0.25, -0.2) is 4.79 Å². The van der Waals surface area contributed by atoms with Crippen LogP contribution >= 0.6 is 0 Å². The zero-order chi connectivity index (χ0) is 19.8. The van der Waals surface area contributed by atoms with Crippen molar-refractivity contribution in [3.05, 3.63) is 30.3 Å². The van der Waals surface area contributed by atoms with Crippen molar-refractivity contribution in [2.75, 3.05) is 11.6 Å². The van der Waals surface area contributed by atoms with Gasteiger partial charge < -0.3 is 10.0 Å². The van der Waals surface area contributed by atoms with Crippen LogP contribution in [-0.4, -0.2) is 58.3 Å². The predicted octanol–water partition coefficient (Wildman–Crippen LogP) is 1.20. The third kappa shape index (κ3) is 3.27. The van der Waals surface area contributed by atoms with Gasteiger partial charge >= 0.3 is 5.97 Å². The number of nitrogens with one attached hydrogen (secondary N) is 2. The fourth-order valence-electron chi connectivity index (χ4n) is 4.82. The monoisotopic (exact) mass is 385 g/mol. The molecule has 8 heteroatoms. The maximum Gasteiger partial charge on any atom is 0.328 e. The molecule has 0 spiro atoms. The summed E-state index contributed by atoms with van der Waals surface area (Å²) >= 11 is 0. The van der Waals surface area contributed by atoms with E-state index in [0.717, 1.165) is 12.8 Å². The highest BCUT2D eigenvalue weighted by Crippen LogP contribution is 2.32. The number of nitrogens with zero attached hydrogens (tertiary/aromatic N) is 3. The van der Waals surface area contributed by atoms with Crippen LogP contribution in [0.2, 0.25) is 0 Å². The molecule has 2 saturated heterocycles. The molecule has 0 saturated carbocycles. The van der Waals surface area contributed by atoms with Gasteiger partial charge in [-0.05, 0) is 38.8 Å². The first-order chi connectivity index (χ1) is 13.5. The maximum absolute atomic E-state index is 13.3. The van der Waals surface area contributed by atoms with Gasteiger partial charge in [-0.15, -0.1) is 0 Å². The van der Waals surface area contributed by atoms with Crippen LogP contribution in [0.15, 0.2) is 35.4 Å². The Morgan fingerprint density at radius 3 is 2.46 bits per heavy atom. The first-order valence-electron chi connectivity index (χ1n) is 9.94. The van der Waals surface area contributed by atoms with Crippen LogP contribution in [0.5, 0.6) is 0 Å². The van der Waals surface area contributed by atoms with Crippen LogP contribution in [0.3, 0.4) is 0 Å². The summed E-state index contributed by atoms with van der Waals surface area (Å²) in [6.07, 6.45) is 2.05. The Bertz CT molecular complexity index is 773. The lowest BCUT2D eigenvalue weighted by molar-refractivity contribution is -0.138. The van der Waals surface area contributed by atoms with Crippen molar-refractivity contribution >= 4 is 23.3 Å². The second kappa shape index (κ2) is 7.52. The lowest BCUT2D eigenvalue weighted by Gasteiger charge is -2.33. The molecule has 2 fully saturated rings. The Balaban J connectivity index is 1.58. The van der Waals surface area contributed by atoms with Gasteiger partial charge in [-0.3, -0.25) is 20.7 Å². The highest BCUT2D eigenvalue weighted by molar-refractivity contribution is 6.40. The third-order valence-electron chi connectivity index (χ3n) is 6.16. The van der Waals surface area contributed by atoms with Gasteiger partial charge in [0.25, 0.3) is 5.91 Å². The average Bonchev–Trinajstić information content (AvgIpc) is 3.40. The lowest BCUT2D eigenvalue weighted by Crippen LogP contribution is -2.48. The van der Waals surface area contributed by atoms with Crippen LogP contribution < -0.4 is 15.9 Å². The molecule has 0 aliphatic carbocycles. The third-order valence-corrected chi connectivity index (χ3v) is 6.16. The quantitative estimate of drug-likeness (QED) is 0.721. The SMILES string of the molecule is CC1NNC(C)C1C1CCCN1C(=O)C1=NN(c2ccccc2)C(C(=O)O)C1. The molecular weight excluding hydrogens is 358 g/mol. The summed E-state index contributed by atoms with van der Waals surface area (Å²) in [5, 5.41) is 15.6. The van der Waals surface area contributed by atoms with Gasteiger partial charge in [0, 0.05) is 37.0 Å². The van der Waals surface area contributed by atoms with E-state index >= 15 is 0 Å². The number of likely N-dealkylation sites (tertiary alicyclic amines) is 1. The highest BCUT2D eigenvalue weighted by atomic mass is 16.4. The van der Waals surface area contributed by atoms with Gasteiger partial charge in [-0.1, -0.05) is 18.2 Å². The smallest absolute Gasteiger partial charge is 0.328 e. The molecule has 3 N–H and O–H groups in total. The molecule has 1 aromatic rings. The molecule has 0 radical (unpaired) electrons. The van der Waals surface area contributed by atoms with Crippen molar-refractivity contribution in [2.24, 2.45) is 11.0 Å². The average molecular weight is 385 g/mol. The van der Waals surface area contributed by atoms with Crippen molar-refractivity contribution in [1.29, 1.82) is 0 Å². The molecule has 4 atom stereocenters. The van der Waals surface area contributed by atoms with Gasteiger partial charge in [0.1, 0.15) is 5.71 Å². The fraction of sp³-hybridized carbons (Fsp3) is 0.550. The predicted molar refractivity (Wildman–Crippen MR) is 106 cm³/mol. The number of carboxylic acid groups (broad SMARTS) is 1. The molecular formula is C20H27N5O3. The Morgan fingerprint density at radius 1 is 1.14 bits per heavy atom. The summed E-state index contributed by atoms with van der Waals surface area (Å²) in [6, 6.07) is 8.98. The number of carboxylic acids is 1. The number of anilines is 1. The molecule has 3 heterocycles. The minimum absolute atomic E-state index is 0.124. The molecule has 1 amide bonds. The molecule has 3 aliphatic rings.